The van der Waals surface area contributed by atoms with Crippen LogP contribution in [-0.2, 0) is 4.74 Å². The molecular weight excluding hydrogens is 174 g/mol. The lowest BCUT2D eigenvalue weighted by atomic mass is 10.1. The molecule has 0 aromatic carbocycles. The Bertz CT molecular complexity index is 125. The second-order valence-corrected chi connectivity index (χ2v) is 4.33. The summed E-state index contributed by atoms with van der Waals surface area (Å²) in [7, 11) is 0. The molecule has 0 aliphatic rings. The van der Waals surface area contributed by atoms with E-state index in [1.807, 2.05) is 0 Å². The van der Waals surface area contributed by atoms with Gasteiger partial charge in [0.1, 0.15) is 0 Å². The number of hydrogen-bond donors (Lipinski definition) is 1. The van der Waals surface area contributed by atoms with Crippen molar-refractivity contribution in [2.24, 2.45) is 5.92 Å². The zero-order chi connectivity index (χ0) is 11.0. The van der Waals surface area contributed by atoms with E-state index in [4.69, 9.17) is 4.74 Å². The predicted molar refractivity (Wildman–Crippen MR) is 62.6 cm³/mol. The van der Waals surface area contributed by atoms with Crippen LogP contribution in [0.25, 0.3) is 0 Å². The highest BCUT2D eigenvalue weighted by atomic mass is 16.5. The molecule has 0 saturated heterocycles. The summed E-state index contributed by atoms with van der Waals surface area (Å²) >= 11 is 0. The Morgan fingerprint density at radius 3 is 2.21 bits per heavy atom. The van der Waals surface area contributed by atoms with E-state index in [1.54, 1.807) is 0 Å². The van der Waals surface area contributed by atoms with Gasteiger partial charge in [0.2, 0.25) is 0 Å². The Morgan fingerprint density at radius 1 is 1.14 bits per heavy atom. The fraction of sp³-hybridized carbons (Fsp3) is 1.00. The van der Waals surface area contributed by atoms with Crippen LogP contribution in [0.2, 0.25) is 0 Å². The molecule has 2 atom stereocenters. The zero-order valence-corrected chi connectivity index (χ0v) is 10.5. The largest absolute Gasteiger partial charge is 0.377 e. The molecule has 0 fully saturated rings. The van der Waals surface area contributed by atoms with E-state index < -0.39 is 0 Å². The summed E-state index contributed by atoms with van der Waals surface area (Å²) in [5.41, 5.74) is 0. The molecule has 0 spiro atoms. The summed E-state index contributed by atoms with van der Waals surface area (Å²) in [6.45, 7) is 12.9. The zero-order valence-electron chi connectivity index (χ0n) is 10.5. The van der Waals surface area contributed by atoms with Gasteiger partial charge in [0, 0.05) is 12.6 Å². The van der Waals surface area contributed by atoms with E-state index in [-0.39, 0.29) is 0 Å². The lowest BCUT2D eigenvalue weighted by Crippen LogP contribution is -2.39. The maximum absolute atomic E-state index is 5.80. The SMILES string of the molecule is CCNC(CC)C(C)OCCC(C)C. The number of likely N-dealkylation sites (N-methyl/N-ethyl adjacent to an activating group) is 1. The Hall–Kier alpha value is -0.0800. The van der Waals surface area contributed by atoms with Gasteiger partial charge >= 0.3 is 0 Å². The van der Waals surface area contributed by atoms with Crippen LogP contribution in [0.5, 0.6) is 0 Å². The van der Waals surface area contributed by atoms with Gasteiger partial charge in [-0.2, -0.15) is 0 Å². The van der Waals surface area contributed by atoms with Crippen molar-refractivity contribution in [3.8, 4) is 0 Å². The molecule has 0 aliphatic carbocycles. The third kappa shape index (κ3) is 6.39. The van der Waals surface area contributed by atoms with Crippen LogP contribution >= 0.6 is 0 Å². The van der Waals surface area contributed by atoms with Crippen molar-refractivity contribution in [1.82, 2.24) is 5.32 Å². The standard InChI is InChI=1S/C12H27NO/c1-6-12(13-7-2)11(5)14-9-8-10(3)4/h10-13H,6-9H2,1-5H3. The van der Waals surface area contributed by atoms with Crippen LogP contribution in [0.15, 0.2) is 0 Å². The van der Waals surface area contributed by atoms with Crippen LogP contribution in [0.4, 0.5) is 0 Å². The van der Waals surface area contributed by atoms with E-state index in [0.717, 1.165) is 31.9 Å². The lowest BCUT2D eigenvalue weighted by Gasteiger charge is -2.24. The maximum Gasteiger partial charge on any atom is 0.0699 e. The quantitative estimate of drug-likeness (QED) is 0.652. The first-order chi connectivity index (χ1) is 6.61. The molecule has 0 aromatic rings. The summed E-state index contributed by atoms with van der Waals surface area (Å²) in [6, 6.07) is 0.507. The summed E-state index contributed by atoms with van der Waals surface area (Å²) in [6.07, 6.45) is 2.63. The molecule has 2 heteroatoms. The first kappa shape index (κ1) is 13.9. The van der Waals surface area contributed by atoms with E-state index >= 15 is 0 Å². The molecular formula is C12H27NO. The van der Waals surface area contributed by atoms with E-state index in [0.29, 0.717) is 12.1 Å². The van der Waals surface area contributed by atoms with Gasteiger partial charge in [0.05, 0.1) is 6.10 Å². The highest BCUT2D eigenvalue weighted by Gasteiger charge is 2.14. The molecule has 14 heavy (non-hydrogen) atoms. The fourth-order valence-electron chi connectivity index (χ4n) is 1.51. The van der Waals surface area contributed by atoms with E-state index in [1.165, 1.54) is 0 Å². The van der Waals surface area contributed by atoms with Gasteiger partial charge in [0.25, 0.3) is 0 Å². The topological polar surface area (TPSA) is 21.3 Å². The van der Waals surface area contributed by atoms with Gasteiger partial charge in [-0.05, 0) is 32.2 Å². The minimum atomic E-state index is 0.332. The highest BCUT2D eigenvalue weighted by molar-refractivity contribution is 4.71. The van der Waals surface area contributed by atoms with Gasteiger partial charge < -0.3 is 10.1 Å². The fourth-order valence-corrected chi connectivity index (χ4v) is 1.51. The molecule has 2 unspecified atom stereocenters. The number of hydrogen-bond acceptors (Lipinski definition) is 2. The van der Waals surface area contributed by atoms with Crippen molar-refractivity contribution in [3.05, 3.63) is 0 Å². The smallest absolute Gasteiger partial charge is 0.0699 e. The van der Waals surface area contributed by atoms with Crippen LogP contribution in [-0.4, -0.2) is 25.3 Å². The molecule has 0 bridgehead atoms. The molecule has 0 radical (unpaired) electrons. The minimum Gasteiger partial charge on any atom is -0.377 e. The number of rotatable bonds is 8. The average Bonchev–Trinajstić information content (AvgIpc) is 2.13. The summed E-state index contributed by atoms with van der Waals surface area (Å²) in [5, 5.41) is 3.45. The first-order valence-electron chi connectivity index (χ1n) is 5.96. The predicted octanol–water partition coefficient (Wildman–Crippen LogP) is 2.83. The Kier molecular flexibility index (Phi) is 8.20. The van der Waals surface area contributed by atoms with E-state index in [9.17, 15) is 0 Å². The second-order valence-electron chi connectivity index (χ2n) is 4.33. The monoisotopic (exact) mass is 201 g/mol. The van der Waals surface area contributed by atoms with Crippen LogP contribution in [0.3, 0.4) is 0 Å². The van der Waals surface area contributed by atoms with Gasteiger partial charge in [-0.1, -0.05) is 27.7 Å². The highest BCUT2D eigenvalue weighted by Crippen LogP contribution is 2.06. The third-order valence-corrected chi connectivity index (χ3v) is 2.55. The van der Waals surface area contributed by atoms with Crippen molar-refractivity contribution in [1.29, 1.82) is 0 Å². The molecule has 0 heterocycles. The summed E-state index contributed by atoms with van der Waals surface area (Å²) < 4.78 is 5.80. The molecule has 2 nitrogen and oxygen atoms in total. The normalized spacial score (nSPS) is 15.9. The van der Waals surface area contributed by atoms with Gasteiger partial charge in [-0.15, -0.1) is 0 Å². The van der Waals surface area contributed by atoms with Crippen LogP contribution < -0.4 is 5.32 Å². The van der Waals surface area contributed by atoms with E-state index in [2.05, 4.69) is 39.9 Å². The molecule has 1 N–H and O–H groups in total. The van der Waals surface area contributed by atoms with Crippen LogP contribution in [0.1, 0.15) is 47.5 Å². The first-order valence-corrected chi connectivity index (χ1v) is 5.96. The Balaban J connectivity index is 3.63. The molecule has 0 rings (SSSR count). The molecule has 0 aromatic heterocycles. The molecule has 86 valence electrons. The van der Waals surface area contributed by atoms with Crippen molar-refractivity contribution >= 4 is 0 Å². The summed E-state index contributed by atoms with van der Waals surface area (Å²) in [4.78, 5) is 0. The molecule has 0 aliphatic heterocycles. The number of nitrogens with one attached hydrogen (secondary N) is 1. The van der Waals surface area contributed by atoms with Crippen molar-refractivity contribution in [2.45, 2.75) is 59.6 Å². The molecule has 0 amide bonds. The Labute approximate surface area is 89.4 Å². The van der Waals surface area contributed by atoms with Gasteiger partial charge in [-0.3, -0.25) is 0 Å². The lowest BCUT2D eigenvalue weighted by molar-refractivity contribution is 0.0324. The third-order valence-electron chi connectivity index (χ3n) is 2.55. The van der Waals surface area contributed by atoms with Gasteiger partial charge in [-0.25, -0.2) is 0 Å². The van der Waals surface area contributed by atoms with Crippen molar-refractivity contribution in [3.63, 3.8) is 0 Å². The minimum absolute atomic E-state index is 0.332. The van der Waals surface area contributed by atoms with Gasteiger partial charge in [0.15, 0.2) is 0 Å². The van der Waals surface area contributed by atoms with Crippen molar-refractivity contribution in [2.75, 3.05) is 13.2 Å². The Morgan fingerprint density at radius 2 is 1.79 bits per heavy atom. The summed E-state index contributed by atoms with van der Waals surface area (Å²) in [5.74, 6) is 0.737. The maximum atomic E-state index is 5.80. The number of ether oxygens (including phenoxy) is 1. The second kappa shape index (κ2) is 8.25. The van der Waals surface area contributed by atoms with Crippen molar-refractivity contribution < 1.29 is 4.74 Å². The average molecular weight is 201 g/mol. The van der Waals surface area contributed by atoms with Crippen LogP contribution in [0, 0.1) is 5.92 Å². The molecule has 0 saturated carbocycles.